The summed E-state index contributed by atoms with van der Waals surface area (Å²) in [5.41, 5.74) is 2.87. The van der Waals surface area contributed by atoms with Crippen LogP contribution in [-0.4, -0.2) is 24.1 Å². The first-order valence-corrected chi connectivity index (χ1v) is 10.1. The van der Waals surface area contributed by atoms with Gasteiger partial charge in [0.15, 0.2) is 0 Å². The molecule has 1 atom stereocenters. The Morgan fingerprint density at radius 1 is 1.10 bits per heavy atom. The van der Waals surface area contributed by atoms with Crippen molar-refractivity contribution in [1.82, 2.24) is 5.32 Å². The highest BCUT2D eigenvalue weighted by molar-refractivity contribution is 6.42. The van der Waals surface area contributed by atoms with Crippen LogP contribution in [0.3, 0.4) is 0 Å². The van der Waals surface area contributed by atoms with E-state index in [0.29, 0.717) is 40.8 Å². The predicted molar refractivity (Wildman–Crippen MR) is 119 cm³/mol. The van der Waals surface area contributed by atoms with Gasteiger partial charge in [-0.25, -0.2) is 0 Å². The van der Waals surface area contributed by atoms with Crippen molar-refractivity contribution in [2.75, 3.05) is 11.9 Å². The van der Waals surface area contributed by atoms with Crippen molar-refractivity contribution in [2.45, 2.75) is 33.1 Å². The molecule has 0 fully saturated rings. The van der Waals surface area contributed by atoms with E-state index in [1.165, 1.54) is 6.92 Å². The lowest BCUT2D eigenvalue weighted by Crippen LogP contribution is -2.30. The van der Waals surface area contributed by atoms with Gasteiger partial charge in [-0.2, -0.15) is 0 Å². The van der Waals surface area contributed by atoms with Gasteiger partial charge in [0.2, 0.25) is 11.8 Å². The summed E-state index contributed by atoms with van der Waals surface area (Å²) in [7, 11) is 0. The Balaban J connectivity index is 1.79. The van der Waals surface area contributed by atoms with Crippen LogP contribution in [0.2, 0.25) is 10.0 Å². The average molecular weight is 434 g/mol. The van der Waals surface area contributed by atoms with Crippen LogP contribution in [-0.2, 0) is 22.4 Å². The molecule has 154 valence electrons. The quantitative estimate of drug-likeness (QED) is 0.491. The highest BCUT2D eigenvalue weighted by Crippen LogP contribution is 2.26. The summed E-state index contributed by atoms with van der Waals surface area (Å²) in [6, 6.07) is 12.6. The number of nitrogens with one attached hydrogen (secondary N) is 3. The minimum absolute atomic E-state index is 0.0961. The molecule has 0 bridgehead atoms. The highest BCUT2D eigenvalue weighted by Gasteiger charge is 2.12. The van der Waals surface area contributed by atoms with Crippen molar-refractivity contribution in [3.8, 4) is 0 Å². The number of hydrogen-bond donors (Lipinski definition) is 3. The van der Waals surface area contributed by atoms with Crippen molar-refractivity contribution >= 4 is 46.4 Å². The zero-order valence-corrected chi connectivity index (χ0v) is 18.0. The average Bonchev–Trinajstić information content (AvgIpc) is 2.63. The molecule has 0 saturated heterocycles. The first-order chi connectivity index (χ1) is 13.7. The molecule has 29 heavy (non-hydrogen) atoms. The number of benzene rings is 2. The maximum atomic E-state index is 12.2. The first-order valence-electron chi connectivity index (χ1n) is 9.37. The maximum absolute atomic E-state index is 12.2. The minimum atomic E-state index is -0.151. The lowest BCUT2D eigenvalue weighted by molar-refractivity contribution is -0.120. The van der Waals surface area contributed by atoms with Gasteiger partial charge in [-0.15, -0.1) is 0 Å². The second kappa shape index (κ2) is 11.0. The summed E-state index contributed by atoms with van der Waals surface area (Å²) < 4.78 is 0. The monoisotopic (exact) mass is 433 g/mol. The van der Waals surface area contributed by atoms with Crippen LogP contribution in [0.25, 0.3) is 0 Å². The molecule has 2 aromatic rings. The molecule has 0 aliphatic carbocycles. The Hall–Kier alpha value is -2.37. The van der Waals surface area contributed by atoms with E-state index in [0.717, 1.165) is 11.1 Å². The third kappa shape index (κ3) is 7.87. The summed E-state index contributed by atoms with van der Waals surface area (Å²) in [4.78, 5) is 23.4. The van der Waals surface area contributed by atoms with E-state index in [1.54, 1.807) is 24.3 Å². The lowest BCUT2D eigenvalue weighted by Gasteiger charge is -2.14. The standard InChI is InChI=1S/C22H25Cl2N3O2/c1-14(9-18(25)12-17-6-4-8-20(23)22(17)24)13-26-21(29)11-16-5-3-7-19(10-16)27-15(2)28/h3-8,10,14,25H,9,11-13H2,1-2H3,(H,26,29)(H,27,28)/t14-/m0/s1. The maximum Gasteiger partial charge on any atom is 0.224 e. The fourth-order valence-corrected chi connectivity index (χ4v) is 3.37. The van der Waals surface area contributed by atoms with Crippen LogP contribution in [0.1, 0.15) is 31.4 Å². The van der Waals surface area contributed by atoms with Crippen molar-refractivity contribution in [2.24, 2.45) is 5.92 Å². The molecule has 0 unspecified atom stereocenters. The van der Waals surface area contributed by atoms with Crippen LogP contribution in [0, 0.1) is 11.3 Å². The molecule has 0 aliphatic rings. The zero-order chi connectivity index (χ0) is 21.4. The van der Waals surface area contributed by atoms with Crippen LogP contribution in [0.5, 0.6) is 0 Å². The molecular weight excluding hydrogens is 409 g/mol. The van der Waals surface area contributed by atoms with Gasteiger partial charge in [0.1, 0.15) is 0 Å². The SMILES string of the molecule is CC(=O)Nc1cccc(CC(=O)NC[C@@H](C)CC(=N)Cc2cccc(Cl)c2Cl)c1. The van der Waals surface area contributed by atoms with Crippen molar-refractivity contribution in [1.29, 1.82) is 5.41 Å². The molecule has 2 amide bonds. The van der Waals surface area contributed by atoms with Crippen LogP contribution in [0.4, 0.5) is 5.69 Å². The molecular formula is C22H25Cl2N3O2. The van der Waals surface area contributed by atoms with Gasteiger partial charge in [-0.1, -0.05) is 54.4 Å². The second-order valence-electron chi connectivity index (χ2n) is 7.16. The van der Waals surface area contributed by atoms with E-state index in [-0.39, 0.29) is 24.2 Å². The summed E-state index contributed by atoms with van der Waals surface area (Å²) in [6.07, 6.45) is 1.23. The molecule has 0 spiro atoms. The van der Waals surface area contributed by atoms with Gasteiger partial charge in [-0.05, 0) is 41.7 Å². The second-order valence-corrected chi connectivity index (χ2v) is 7.95. The number of carbonyl (C=O) groups is 2. The van der Waals surface area contributed by atoms with Crippen LogP contribution >= 0.6 is 23.2 Å². The Morgan fingerprint density at radius 3 is 2.55 bits per heavy atom. The van der Waals surface area contributed by atoms with E-state index in [2.05, 4.69) is 10.6 Å². The molecule has 5 nitrogen and oxygen atoms in total. The molecule has 0 aromatic heterocycles. The largest absolute Gasteiger partial charge is 0.356 e. The van der Waals surface area contributed by atoms with E-state index in [9.17, 15) is 9.59 Å². The van der Waals surface area contributed by atoms with Gasteiger partial charge >= 0.3 is 0 Å². The Kier molecular flexibility index (Phi) is 8.68. The molecule has 0 saturated carbocycles. The number of amides is 2. The summed E-state index contributed by atoms with van der Waals surface area (Å²) in [5.74, 6) is -0.127. The fraction of sp³-hybridized carbons (Fsp3) is 0.318. The fourth-order valence-electron chi connectivity index (χ4n) is 2.98. The van der Waals surface area contributed by atoms with Crippen molar-refractivity contribution in [3.63, 3.8) is 0 Å². The minimum Gasteiger partial charge on any atom is -0.356 e. The van der Waals surface area contributed by atoms with E-state index in [1.807, 2.05) is 25.1 Å². The van der Waals surface area contributed by atoms with Gasteiger partial charge in [-0.3, -0.25) is 9.59 Å². The number of hydrogen-bond acceptors (Lipinski definition) is 3. The topological polar surface area (TPSA) is 82.1 Å². The molecule has 2 aromatic carbocycles. The number of carbonyl (C=O) groups excluding carboxylic acids is 2. The third-order valence-electron chi connectivity index (χ3n) is 4.29. The summed E-state index contributed by atoms with van der Waals surface area (Å²) in [6.45, 7) is 3.92. The first kappa shape index (κ1) is 22.9. The number of anilines is 1. The lowest BCUT2D eigenvalue weighted by atomic mass is 9.99. The molecule has 7 heteroatoms. The van der Waals surface area contributed by atoms with Gasteiger partial charge in [0.05, 0.1) is 16.5 Å². The highest BCUT2D eigenvalue weighted by atomic mass is 35.5. The Morgan fingerprint density at radius 2 is 1.83 bits per heavy atom. The predicted octanol–water partition coefficient (Wildman–Crippen LogP) is 4.90. The van der Waals surface area contributed by atoms with Crippen LogP contribution < -0.4 is 10.6 Å². The summed E-state index contributed by atoms with van der Waals surface area (Å²) >= 11 is 12.2. The molecule has 0 heterocycles. The number of halogens is 2. The van der Waals surface area contributed by atoms with Crippen molar-refractivity contribution < 1.29 is 9.59 Å². The van der Waals surface area contributed by atoms with Gasteiger partial charge < -0.3 is 16.0 Å². The molecule has 3 N–H and O–H groups in total. The van der Waals surface area contributed by atoms with Gasteiger partial charge in [0.25, 0.3) is 0 Å². The smallest absolute Gasteiger partial charge is 0.224 e. The van der Waals surface area contributed by atoms with E-state index >= 15 is 0 Å². The Labute approximate surface area is 181 Å². The zero-order valence-electron chi connectivity index (χ0n) is 16.5. The van der Waals surface area contributed by atoms with Crippen LogP contribution in [0.15, 0.2) is 42.5 Å². The summed E-state index contributed by atoms with van der Waals surface area (Å²) in [5, 5.41) is 14.8. The Bertz CT molecular complexity index is 899. The molecule has 0 aliphatic heterocycles. The third-order valence-corrected chi connectivity index (χ3v) is 5.15. The normalized spacial score (nSPS) is 11.6. The van der Waals surface area contributed by atoms with E-state index in [4.69, 9.17) is 28.6 Å². The van der Waals surface area contributed by atoms with Crippen molar-refractivity contribution in [3.05, 3.63) is 63.6 Å². The molecule has 2 rings (SSSR count). The van der Waals surface area contributed by atoms with Gasteiger partial charge in [0, 0.05) is 31.3 Å². The number of rotatable bonds is 9. The molecule has 0 radical (unpaired) electrons. The van der Waals surface area contributed by atoms with E-state index < -0.39 is 0 Å².